The van der Waals surface area contributed by atoms with Crippen LogP contribution in [0, 0.1) is 11.3 Å². The molecule has 2 rings (SSSR count). The van der Waals surface area contributed by atoms with Crippen molar-refractivity contribution in [3.05, 3.63) is 69.2 Å². The molecule has 1 nitrogen and oxygen atoms in total. The predicted octanol–water partition coefficient (Wildman–Crippen LogP) is 5.30. The lowest BCUT2D eigenvalue weighted by Gasteiger charge is -2.06. The van der Waals surface area contributed by atoms with E-state index in [1.54, 1.807) is 23.9 Å². The number of nitriles is 1. The number of hydrogen-bond acceptors (Lipinski definition) is 2. The second-order valence-electron chi connectivity index (χ2n) is 4.00. The van der Waals surface area contributed by atoms with Gasteiger partial charge < -0.3 is 0 Å². The van der Waals surface area contributed by atoms with Crippen LogP contribution in [0.5, 0.6) is 0 Å². The van der Waals surface area contributed by atoms with Crippen LogP contribution >= 0.6 is 35.0 Å². The fraction of sp³-hybridized carbons (Fsp3) is 0.133. The fourth-order valence-electron chi connectivity index (χ4n) is 1.62. The maximum Gasteiger partial charge on any atom is 0.0992 e. The molecule has 0 bridgehead atoms. The molecular formula is C15H11Cl2NS. The third-order valence-corrected chi connectivity index (χ3v) is 4.41. The molecular weight excluding hydrogens is 297 g/mol. The molecule has 0 spiro atoms. The Morgan fingerprint density at radius 1 is 0.947 bits per heavy atom. The fourth-order valence-corrected chi connectivity index (χ4v) is 3.27. The summed E-state index contributed by atoms with van der Waals surface area (Å²) >= 11 is 14.0. The van der Waals surface area contributed by atoms with Gasteiger partial charge in [-0.05, 0) is 29.3 Å². The van der Waals surface area contributed by atoms with Crippen LogP contribution in [0.25, 0.3) is 0 Å². The highest BCUT2D eigenvalue weighted by Crippen LogP contribution is 2.26. The van der Waals surface area contributed by atoms with Gasteiger partial charge in [0, 0.05) is 21.6 Å². The van der Waals surface area contributed by atoms with Crippen molar-refractivity contribution >= 4 is 35.0 Å². The Hall–Kier alpha value is -1.14. The van der Waals surface area contributed by atoms with E-state index in [0.29, 0.717) is 10.6 Å². The average Bonchev–Trinajstić information content (AvgIpc) is 2.42. The lowest BCUT2D eigenvalue weighted by molar-refractivity contribution is 1.36. The molecule has 0 saturated heterocycles. The van der Waals surface area contributed by atoms with Gasteiger partial charge in [-0.3, -0.25) is 0 Å². The first-order valence-corrected chi connectivity index (χ1v) is 7.61. The zero-order valence-corrected chi connectivity index (χ0v) is 12.4. The second kappa shape index (κ2) is 6.86. The van der Waals surface area contributed by atoms with Gasteiger partial charge in [0.25, 0.3) is 0 Å². The van der Waals surface area contributed by atoms with Crippen LogP contribution in [0.15, 0.2) is 42.5 Å². The first kappa shape index (κ1) is 14.3. The minimum atomic E-state index is 0.588. The Kier molecular flexibility index (Phi) is 5.15. The van der Waals surface area contributed by atoms with Crippen molar-refractivity contribution in [3.8, 4) is 6.07 Å². The van der Waals surface area contributed by atoms with E-state index in [9.17, 15) is 0 Å². The number of benzene rings is 2. The van der Waals surface area contributed by atoms with Crippen LogP contribution in [0.3, 0.4) is 0 Å². The molecule has 0 radical (unpaired) electrons. The van der Waals surface area contributed by atoms with Crippen LogP contribution in [-0.2, 0) is 11.5 Å². The largest absolute Gasteiger partial charge is 0.192 e. The molecule has 0 saturated carbocycles. The van der Waals surface area contributed by atoms with Gasteiger partial charge in [0.05, 0.1) is 11.6 Å². The molecule has 96 valence electrons. The minimum absolute atomic E-state index is 0.588. The van der Waals surface area contributed by atoms with Crippen molar-refractivity contribution in [1.82, 2.24) is 0 Å². The summed E-state index contributed by atoms with van der Waals surface area (Å²) in [5, 5.41) is 10.2. The van der Waals surface area contributed by atoms with Gasteiger partial charge in [0.1, 0.15) is 0 Å². The van der Waals surface area contributed by atoms with Gasteiger partial charge in [-0.1, -0.05) is 47.5 Å². The van der Waals surface area contributed by atoms with Crippen LogP contribution in [0.2, 0.25) is 10.0 Å². The molecule has 0 unspecified atom stereocenters. The van der Waals surface area contributed by atoms with E-state index in [2.05, 4.69) is 6.07 Å². The molecule has 4 heteroatoms. The summed E-state index contributed by atoms with van der Waals surface area (Å²) in [5.74, 6) is 1.64. The number of rotatable bonds is 4. The predicted molar refractivity (Wildman–Crippen MR) is 82.6 cm³/mol. The lowest BCUT2D eigenvalue weighted by atomic mass is 10.2. The summed E-state index contributed by atoms with van der Waals surface area (Å²) in [7, 11) is 0. The van der Waals surface area contributed by atoms with E-state index in [1.807, 2.05) is 30.3 Å². The molecule has 0 fully saturated rings. The quantitative estimate of drug-likeness (QED) is 0.765. The van der Waals surface area contributed by atoms with Crippen molar-refractivity contribution in [3.63, 3.8) is 0 Å². The summed E-state index contributed by atoms with van der Waals surface area (Å²) in [4.78, 5) is 0. The number of nitrogens with zero attached hydrogens (tertiary/aromatic N) is 1. The topological polar surface area (TPSA) is 23.8 Å². The van der Waals surface area contributed by atoms with E-state index in [1.165, 1.54) is 0 Å². The monoisotopic (exact) mass is 307 g/mol. The Bertz CT molecular complexity index is 620. The average molecular weight is 308 g/mol. The smallest absolute Gasteiger partial charge is 0.0992 e. The van der Waals surface area contributed by atoms with E-state index in [-0.39, 0.29) is 0 Å². The summed E-state index contributed by atoms with van der Waals surface area (Å²) < 4.78 is 0. The zero-order chi connectivity index (χ0) is 13.7. The first-order valence-electron chi connectivity index (χ1n) is 5.70. The van der Waals surface area contributed by atoms with Crippen molar-refractivity contribution in [2.24, 2.45) is 0 Å². The van der Waals surface area contributed by atoms with Crippen molar-refractivity contribution in [2.75, 3.05) is 0 Å². The van der Waals surface area contributed by atoms with Crippen molar-refractivity contribution < 1.29 is 0 Å². The highest BCUT2D eigenvalue weighted by atomic mass is 35.5. The number of thioether (sulfide) groups is 1. The number of halogens is 2. The van der Waals surface area contributed by atoms with Crippen molar-refractivity contribution in [2.45, 2.75) is 11.5 Å². The van der Waals surface area contributed by atoms with E-state index in [0.717, 1.165) is 27.7 Å². The van der Waals surface area contributed by atoms with E-state index in [4.69, 9.17) is 28.5 Å². The standard InChI is InChI=1S/C15H11Cl2NS/c16-14-4-2-1-3-12(14)9-19-10-13-6-5-11(8-18)7-15(13)17/h1-7H,9-10H2. The summed E-state index contributed by atoms with van der Waals surface area (Å²) in [6.45, 7) is 0. The van der Waals surface area contributed by atoms with Gasteiger partial charge in [-0.25, -0.2) is 0 Å². The Morgan fingerprint density at radius 3 is 2.26 bits per heavy atom. The molecule has 2 aromatic carbocycles. The Morgan fingerprint density at radius 2 is 1.63 bits per heavy atom. The van der Waals surface area contributed by atoms with Gasteiger partial charge in [-0.15, -0.1) is 0 Å². The first-order chi connectivity index (χ1) is 9.20. The molecule has 0 aromatic heterocycles. The lowest BCUT2D eigenvalue weighted by Crippen LogP contribution is -1.87. The van der Waals surface area contributed by atoms with E-state index < -0.39 is 0 Å². The molecule has 0 aliphatic carbocycles. The van der Waals surface area contributed by atoms with Crippen LogP contribution in [-0.4, -0.2) is 0 Å². The zero-order valence-electron chi connectivity index (χ0n) is 10.1. The molecule has 0 aliphatic rings. The summed E-state index contributed by atoms with van der Waals surface area (Å²) in [6, 6.07) is 15.3. The SMILES string of the molecule is N#Cc1ccc(CSCc2ccccc2Cl)c(Cl)c1. The van der Waals surface area contributed by atoms with Gasteiger partial charge in [0.2, 0.25) is 0 Å². The molecule has 0 amide bonds. The van der Waals surface area contributed by atoms with Crippen LogP contribution < -0.4 is 0 Å². The van der Waals surface area contributed by atoms with Crippen LogP contribution in [0.4, 0.5) is 0 Å². The second-order valence-corrected chi connectivity index (χ2v) is 5.80. The van der Waals surface area contributed by atoms with Gasteiger partial charge >= 0.3 is 0 Å². The maximum absolute atomic E-state index is 8.78. The normalized spacial score (nSPS) is 10.2. The molecule has 0 aliphatic heterocycles. The minimum Gasteiger partial charge on any atom is -0.192 e. The molecule has 19 heavy (non-hydrogen) atoms. The molecule has 2 aromatic rings. The molecule has 0 atom stereocenters. The Balaban J connectivity index is 1.97. The van der Waals surface area contributed by atoms with Crippen molar-refractivity contribution in [1.29, 1.82) is 5.26 Å². The van der Waals surface area contributed by atoms with Gasteiger partial charge in [0.15, 0.2) is 0 Å². The summed E-state index contributed by atoms with van der Waals surface area (Å²) in [6.07, 6.45) is 0. The highest BCUT2D eigenvalue weighted by Gasteiger charge is 2.04. The maximum atomic E-state index is 8.78. The van der Waals surface area contributed by atoms with Gasteiger partial charge in [-0.2, -0.15) is 17.0 Å². The third-order valence-electron chi connectivity index (χ3n) is 2.66. The van der Waals surface area contributed by atoms with E-state index >= 15 is 0 Å². The van der Waals surface area contributed by atoms with Crippen LogP contribution in [0.1, 0.15) is 16.7 Å². The molecule has 0 heterocycles. The Labute approximate surface area is 127 Å². The third kappa shape index (κ3) is 3.91. The highest BCUT2D eigenvalue weighted by molar-refractivity contribution is 7.97. The number of hydrogen-bond donors (Lipinski definition) is 0. The molecule has 0 N–H and O–H groups in total. The summed E-state index contributed by atoms with van der Waals surface area (Å²) in [5.41, 5.74) is 2.75.